The van der Waals surface area contributed by atoms with Gasteiger partial charge in [0.2, 0.25) is 0 Å². The maximum absolute atomic E-state index is 5.82. The Labute approximate surface area is 110 Å². The summed E-state index contributed by atoms with van der Waals surface area (Å²) in [4.78, 5) is 6.96. The minimum Gasteiger partial charge on any atom is -0.356 e. The third kappa shape index (κ3) is 2.14. The van der Waals surface area contributed by atoms with Crippen molar-refractivity contribution < 1.29 is 0 Å². The quantitative estimate of drug-likeness (QED) is 0.787. The Morgan fingerprint density at radius 2 is 2.41 bits per heavy atom. The molecule has 1 saturated heterocycles. The van der Waals surface area contributed by atoms with E-state index in [-0.39, 0.29) is 0 Å². The average molecular weight is 267 g/mol. The van der Waals surface area contributed by atoms with Gasteiger partial charge in [0.15, 0.2) is 0 Å². The maximum Gasteiger partial charge on any atom is 0.137 e. The zero-order chi connectivity index (χ0) is 11.7. The van der Waals surface area contributed by atoms with Gasteiger partial charge in [-0.3, -0.25) is 0 Å². The Morgan fingerprint density at radius 3 is 3.29 bits per heavy atom. The molecule has 1 fully saturated rings. The molecule has 3 heterocycles. The van der Waals surface area contributed by atoms with Crippen molar-refractivity contribution in [3.05, 3.63) is 23.7 Å². The van der Waals surface area contributed by atoms with Crippen LogP contribution in [-0.2, 0) is 0 Å². The normalized spacial score (nSPS) is 20.3. The molecule has 2 aromatic rings. The number of aromatic nitrogens is 1. The highest BCUT2D eigenvalue weighted by atomic mass is 35.5. The summed E-state index contributed by atoms with van der Waals surface area (Å²) < 4.78 is 1.33. The molecule has 90 valence electrons. The summed E-state index contributed by atoms with van der Waals surface area (Å²) in [5.41, 5.74) is 0. The van der Waals surface area contributed by atoms with E-state index < -0.39 is 0 Å². The molecule has 1 atom stereocenters. The number of halogens is 1. The second-order valence-corrected chi connectivity index (χ2v) is 5.87. The number of pyridine rings is 1. The molecule has 17 heavy (non-hydrogen) atoms. The third-order valence-electron chi connectivity index (χ3n) is 3.46. The van der Waals surface area contributed by atoms with E-state index in [1.54, 1.807) is 11.3 Å². The molecule has 1 aliphatic heterocycles. The van der Waals surface area contributed by atoms with Crippen LogP contribution < -0.4 is 4.90 Å². The first-order chi connectivity index (χ1) is 8.38. The molecule has 1 aliphatic rings. The molecule has 0 aromatic carbocycles. The zero-order valence-electron chi connectivity index (χ0n) is 9.60. The molecule has 2 nitrogen and oxygen atoms in total. The summed E-state index contributed by atoms with van der Waals surface area (Å²) >= 11 is 7.60. The van der Waals surface area contributed by atoms with E-state index in [4.69, 9.17) is 11.6 Å². The highest BCUT2D eigenvalue weighted by molar-refractivity contribution is 7.17. The SMILES string of the molecule is ClCCC1CCN(c2nccc3sccc23)C1. The number of rotatable bonds is 3. The van der Waals surface area contributed by atoms with Gasteiger partial charge in [0, 0.05) is 35.3 Å². The summed E-state index contributed by atoms with van der Waals surface area (Å²) in [5, 5.41) is 3.44. The van der Waals surface area contributed by atoms with Crippen LogP contribution in [-0.4, -0.2) is 24.0 Å². The van der Waals surface area contributed by atoms with E-state index in [9.17, 15) is 0 Å². The minimum atomic E-state index is 0.739. The van der Waals surface area contributed by atoms with Crippen LogP contribution in [0.4, 0.5) is 5.82 Å². The van der Waals surface area contributed by atoms with Gasteiger partial charge in [-0.2, -0.15) is 0 Å². The molecule has 4 heteroatoms. The van der Waals surface area contributed by atoms with Crippen LogP contribution in [0.3, 0.4) is 0 Å². The van der Waals surface area contributed by atoms with Gasteiger partial charge in [0.1, 0.15) is 5.82 Å². The first-order valence-corrected chi connectivity index (χ1v) is 7.43. The van der Waals surface area contributed by atoms with E-state index in [0.717, 1.165) is 37.1 Å². The van der Waals surface area contributed by atoms with Crippen molar-refractivity contribution in [3.63, 3.8) is 0 Å². The molecule has 0 N–H and O–H groups in total. The molecular weight excluding hydrogens is 252 g/mol. The highest BCUT2D eigenvalue weighted by Crippen LogP contribution is 2.32. The van der Waals surface area contributed by atoms with Gasteiger partial charge in [-0.1, -0.05) is 0 Å². The lowest BCUT2D eigenvalue weighted by Crippen LogP contribution is -2.20. The van der Waals surface area contributed by atoms with E-state index in [2.05, 4.69) is 27.4 Å². The van der Waals surface area contributed by atoms with Crippen LogP contribution in [0.2, 0.25) is 0 Å². The molecular formula is C13H15ClN2S. The Bertz CT molecular complexity index is 511. The lowest BCUT2D eigenvalue weighted by Gasteiger charge is -2.18. The van der Waals surface area contributed by atoms with Crippen molar-refractivity contribution in [3.8, 4) is 0 Å². The summed E-state index contributed by atoms with van der Waals surface area (Å²) in [5.74, 6) is 2.67. The monoisotopic (exact) mass is 266 g/mol. The van der Waals surface area contributed by atoms with Crippen LogP contribution >= 0.6 is 22.9 Å². The molecule has 0 radical (unpaired) electrons. The second kappa shape index (κ2) is 4.83. The first kappa shape index (κ1) is 11.3. The van der Waals surface area contributed by atoms with Gasteiger partial charge in [0.05, 0.1) is 0 Å². The standard InChI is InChI=1S/C13H15ClN2S/c14-5-1-10-3-7-16(9-10)13-11-4-8-17-12(11)2-6-15-13/h2,4,6,8,10H,1,3,5,7,9H2. The minimum absolute atomic E-state index is 0.739. The van der Waals surface area contributed by atoms with E-state index in [0.29, 0.717) is 0 Å². The summed E-state index contributed by atoms with van der Waals surface area (Å²) in [6.45, 7) is 2.22. The van der Waals surface area contributed by atoms with Gasteiger partial charge in [-0.25, -0.2) is 4.98 Å². The van der Waals surface area contributed by atoms with Crippen LogP contribution in [0.5, 0.6) is 0 Å². The molecule has 0 amide bonds. The fourth-order valence-electron chi connectivity index (χ4n) is 2.55. The number of fused-ring (bicyclic) bond motifs is 1. The first-order valence-electron chi connectivity index (χ1n) is 6.01. The van der Waals surface area contributed by atoms with Crippen molar-refractivity contribution in [1.29, 1.82) is 0 Å². The number of anilines is 1. The van der Waals surface area contributed by atoms with E-state index in [1.807, 2.05) is 6.20 Å². The van der Waals surface area contributed by atoms with Crippen molar-refractivity contribution in [2.24, 2.45) is 5.92 Å². The van der Waals surface area contributed by atoms with Gasteiger partial charge >= 0.3 is 0 Å². The van der Waals surface area contributed by atoms with Crippen LogP contribution in [0.15, 0.2) is 23.7 Å². The number of nitrogens with zero attached hydrogens (tertiary/aromatic N) is 2. The lowest BCUT2D eigenvalue weighted by molar-refractivity contribution is 0.572. The van der Waals surface area contributed by atoms with Crippen molar-refractivity contribution in [2.45, 2.75) is 12.8 Å². The molecule has 0 saturated carbocycles. The van der Waals surface area contributed by atoms with Gasteiger partial charge < -0.3 is 4.90 Å². The van der Waals surface area contributed by atoms with Crippen molar-refractivity contribution >= 4 is 38.8 Å². The largest absolute Gasteiger partial charge is 0.356 e. The topological polar surface area (TPSA) is 16.1 Å². The zero-order valence-corrected chi connectivity index (χ0v) is 11.2. The predicted octanol–water partition coefficient (Wildman–Crippen LogP) is 3.75. The summed E-state index contributed by atoms with van der Waals surface area (Å²) in [6, 6.07) is 4.27. The fraction of sp³-hybridized carbons (Fsp3) is 0.462. The second-order valence-electron chi connectivity index (χ2n) is 4.55. The van der Waals surface area contributed by atoms with Crippen molar-refractivity contribution in [1.82, 2.24) is 4.98 Å². The van der Waals surface area contributed by atoms with Crippen LogP contribution in [0.1, 0.15) is 12.8 Å². The molecule has 0 aliphatic carbocycles. The maximum atomic E-state index is 5.82. The number of hydrogen-bond acceptors (Lipinski definition) is 3. The number of hydrogen-bond donors (Lipinski definition) is 0. The van der Waals surface area contributed by atoms with Gasteiger partial charge in [-0.05, 0) is 36.3 Å². The average Bonchev–Trinajstić information content (AvgIpc) is 2.96. The van der Waals surface area contributed by atoms with Crippen molar-refractivity contribution in [2.75, 3.05) is 23.9 Å². The lowest BCUT2D eigenvalue weighted by atomic mass is 10.1. The van der Waals surface area contributed by atoms with Crippen LogP contribution in [0, 0.1) is 5.92 Å². The molecule has 3 rings (SSSR count). The summed E-state index contributed by atoms with van der Waals surface area (Å²) in [6.07, 6.45) is 4.29. The molecule has 1 unspecified atom stereocenters. The molecule has 0 spiro atoms. The molecule has 0 bridgehead atoms. The Hall–Kier alpha value is -0.800. The predicted molar refractivity (Wildman–Crippen MR) is 75.3 cm³/mol. The summed E-state index contributed by atoms with van der Waals surface area (Å²) in [7, 11) is 0. The Balaban J connectivity index is 1.87. The van der Waals surface area contributed by atoms with Gasteiger partial charge in [-0.15, -0.1) is 22.9 Å². The van der Waals surface area contributed by atoms with Gasteiger partial charge in [0.25, 0.3) is 0 Å². The molecule has 2 aromatic heterocycles. The number of thiophene rings is 1. The van der Waals surface area contributed by atoms with E-state index in [1.165, 1.54) is 16.5 Å². The van der Waals surface area contributed by atoms with E-state index >= 15 is 0 Å². The smallest absolute Gasteiger partial charge is 0.137 e. The number of alkyl halides is 1. The fourth-order valence-corrected chi connectivity index (χ4v) is 3.63. The van der Waals surface area contributed by atoms with Crippen LogP contribution in [0.25, 0.3) is 10.1 Å². The Kier molecular flexibility index (Phi) is 3.21. The Morgan fingerprint density at radius 1 is 1.47 bits per heavy atom. The third-order valence-corrected chi connectivity index (χ3v) is 4.56. The highest BCUT2D eigenvalue weighted by Gasteiger charge is 2.24.